The van der Waals surface area contributed by atoms with Crippen molar-refractivity contribution in [2.45, 2.75) is 23.8 Å². The number of anilines is 1. The molecule has 1 saturated carbocycles. The maximum Gasteiger partial charge on any atom is 0.0666 e. The second kappa shape index (κ2) is 5.60. The molecule has 1 fully saturated rings. The topological polar surface area (TPSA) is 21.3 Å². The minimum absolute atomic E-state index is 0.471. The molecule has 88 valence electrons. The van der Waals surface area contributed by atoms with Gasteiger partial charge in [-0.05, 0) is 37.1 Å². The third-order valence-corrected chi connectivity index (χ3v) is 3.78. The Kier molecular flexibility index (Phi) is 4.13. The molecule has 1 atom stereocenters. The van der Waals surface area contributed by atoms with Crippen LogP contribution >= 0.6 is 11.8 Å². The van der Waals surface area contributed by atoms with Gasteiger partial charge in [-0.1, -0.05) is 12.1 Å². The summed E-state index contributed by atoms with van der Waals surface area (Å²) in [6.45, 7) is 0.799. The highest BCUT2D eigenvalue weighted by atomic mass is 32.2. The van der Waals surface area contributed by atoms with Crippen molar-refractivity contribution in [2.75, 3.05) is 25.3 Å². The Hall–Kier alpha value is -0.670. The molecule has 0 aliphatic heterocycles. The summed E-state index contributed by atoms with van der Waals surface area (Å²) in [5.41, 5.74) is 1.24. The van der Waals surface area contributed by atoms with Crippen molar-refractivity contribution in [2.24, 2.45) is 5.92 Å². The first-order valence-electron chi connectivity index (χ1n) is 5.73. The van der Waals surface area contributed by atoms with Crippen molar-refractivity contribution >= 4 is 17.4 Å². The zero-order chi connectivity index (χ0) is 11.4. The Balaban J connectivity index is 2.05. The van der Waals surface area contributed by atoms with E-state index in [0.29, 0.717) is 6.04 Å². The molecule has 1 aromatic carbocycles. The summed E-state index contributed by atoms with van der Waals surface area (Å²) < 4.78 is 5.28. The second-order valence-electron chi connectivity index (χ2n) is 4.24. The third kappa shape index (κ3) is 2.92. The molecule has 0 saturated heterocycles. The molecule has 16 heavy (non-hydrogen) atoms. The molecule has 0 bridgehead atoms. The first-order chi connectivity index (χ1) is 7.85. The van der Waals surface area contributed by atoms with E-state index in [9.17, 15) is 0 Å². The van der Waals surface area contributed by atoms with Crippen molar-refractivity contribution in [3.8, 4) is 0 Å². The van der Waals surface area contributed by atoms with Gasteiger partial charge in [-0.15, -0.1) is 11.8 Å². The molecule has 2 rings (SSSR count). The lowest BCUT2D eigenvalue weighted by Crippen LogP contribution is -2.27. The fourth-order valence-corrected chi connectivity index (χ4v) is 2.50. The molecule has 1 aromatic rings. The van der Waals surface area contributed by atoms with Crippen LogP contribution in [0.25, 0.3) is 0 Å². The summed E-state index contributed by atoms with van der Waals surface area (Å²) in [6, 6.07) is 8.94. The fraction of sp³-hybridized carbons (Fsp3) is 0.538. The van der Waals surface area contributed by atoms with E-state index in [1.807, 2.05) is 0 Å². The highest BCUT2D eigenvalue weighted by Crippen LogP contribution is 2.35. The van der Waals surface area contributed by atoms with E-state index in [0.717, 1.165) is 12.5 Å². The molecule has 2 nitrogen and oxygen atoms in total. The van der Waals surface area contributed by atoms with Gasteiger partial charge >= 0.3 is 0 Å². The summed E-state index contributed by atoms with van der Waals surface area (Å²) in [7, 11) is 1.78. The number of hydrogen-bond acceptors (Lipinski definition) is 3. The van der Waals surface area contributed by atoms with Crippen LogP contribution in [-0.4, -0.2) is 26.0 Å². The summed E-state index contributed by atoms with van der Waals surface area (Å²) in [6.07, 6.45) is 4.79. The first kappa shape index (κ1) is 11.8. The van der Waals surface area contributed by atoms with E-state index in [4.69, 9.17) is 4.74 Å². The number of rotatable bonds is 6. The predicted molar refractivity (Wildman–Crippen MR) is 70.2 cm³/mol. The summed E-state index contributed by atoms with van der Waals surface area (Å²) in [4.78, 5) is 1.31. The quantitative estimate of drug-likeness (QED) is 0.767. The van der Waals surface area contributed by atoms with Crippen LogP contribution in [0.4, 0.5) is 5.69 Å². The molecule has 0 amide bonds. The van der Waals surface area contributed by atoms with Crippen molar-refractivity contribution < 1.29 is 4.74 Å². The number of benzene rings is 1. The zero-order valence-corrected chi connectivity index (χ0v) is 10.7. The number of para-hydroxylation sites is 1. The third-order valence-electron chi connectivity index (χ3n) is 2.99. The van der Waals surface area contributed by atoms with Gasteiger partial charge in [0.15, 0.2) is 0 Å². The second-order valence-corrected chi connectivity index (χ2v) is 5.09. The Morgan fingerprint density at radius 3 is 2.81 bits per heavy atom. The van der Waals surface area contributed by atoms with E-state index in [-0.39, 0.29) is 0 Å². The van der Waals surface area contributed by atoms with Crippen LogP contribution in [0.2, 0.25) is 0 Å². The average molecular weight is 237 g/mol. The fourth-order valence-electron chi connectivity index (χ4n) is 1.94. The van der Waals surface area contributed by atoms with Gasteiger partial charge in [-0.3, -0.25) is 0 Å². The molecular formula is C13H19NOS. The molecule has 0 aromatic heterocycles. The highest BCUT2D eigenvalue weighted by Gasteiger charge is 2.31. The molecule has 3 heteroatoms. The number of thioether (sulfide) groups is 1. The molecule has 1 unspecified atom stereocenters. The van der Waals surface area contributed by atoms with Gasteiger partial charge in [0, 0.05) is 17.7 Å². The lowest BCUT2D eigenvalue weighted by molar-refractivity contribution is 0.179. The van der Waals surface area contributed by atoms with E-state index in [2.05, 4.69) is 35.8 Å². The van der Waals surface area contributed by atoms with Crippen LogP contribution < -0.4 is 5.32 Å². The van der Waals surface area contributed by atoms with E-state index < -0.39 is 0 Å². The van der Waals surface area contributed by atoms with Crippen LogP contribution in [0.3, 0.4) is 0 Å². The largest absolute Gasteiger partial charge is 0.383 e. The predicted octanol–water partition coefficient (Wildman–Crippen LogP) is 3.25. The van der Waals surface area contributed by atoms with Crippen molar-refractivity contribution in [1.29, 1.82) is 0 Å². The molecule has 0 radical (unpaired) electrons. The SMILES string of the molecule is COCC(Nc1ccccc1SC)C1CC1. The highest BCUT2D eigenvalue weighted by molar-refractivity contribution is 7.98. The Bertz CT molecular complexity index is 338. The normalized spacial score (nSPS) is 17.1. The van der Waals surface area contributed by atoms with Gasteiger partial charge in [-0.2, -0.15) is 0 Å². The number of nitrogens with one attached hydrogen (secondary N) is 1. The average Bonchev–Trinajstić information content (AvgIpc) is 3.13. The van der Waals surface area contributed by atoms with E-state index in [1.165, 1.54) is 23.4 Å². The van der Waals surface area contributed by atoms with Crippen molar-refractivity contribution in [3.05, 3.63) is 24.3 Å². The number of ether oxygens (including phenoxy) is 1. The Labute approximate surface area is 102 Å². The van der Waals surface area contributed by atoms with Gasteiger partial charge in [0.05, 0.1) is 12.6 Å². The zero-order valence-electron chi connectivity index (χ0n) is 9.90. The van der Waals surface area contributed by atoms with Gasteiger partial charge in [0.1, 0.15) is 0 Å². The maximum atomic E-state index is 5.28. The molecule has 1 aliphatic carbocycles. The van der Waals surface area contributed by atoms with Crippen LogP contribution in [0.5, 0.6) is 0 Å². The summed E-state index contributed by atoms with van der Waals surface area (Å²) >= 11 is 1.78. The van der Waals surface area contributed by atoms with Gasteiger partial charge in [0.2, 0.25) is 0 Å². The lowest BCUT2D eigenvalue weighted by Gasteiger charge is -2.20. The first-order valence-corrected chi connectivity index (χ1v) is 6.96. The smallest absolute Gasteiger partial charge is 0.0666 e. The van der Waals surface area contributed by atoms with Crippen LogP contribution in [0.1, 0.15) is 12.8 Å². The van der Waals surface area contributed by atoms with Gasteiger partial charge in [0.25, 0.3) is 0 Å². The van der Waals surface area contributed by atoms with Crippen molar-refractivity contribution in [3.63, 3.8) is 0 Å². The molecule has 0 spiro atoms. The minimum atomic E-state index is 0.471. The molecule has 1 aliphatic rings. The van der Waals surface area contributed by atoms with E-state index >= 15 is 0 Å². The van der Waals surface area contributed by atoms with Crippen LogP contribution in [0, 0.1) is 5.92 Å². The monoisotopic (exact) mass is 237 g/mol. The Morgan fingerprint density at radius 2 is 2.19 bits per heavy atom. The summed E-state index contributed by atoms with van der Waals surface area (Å²) in [5.74, 6) is 0.801. The number of hydrogen-bond donors (Lipinski definition) is 1. The standard InChI is InChI=1S/C13H19NOS/c1-15-9-12(10-7-8-10)14-11-5-3-4-6-13(11)16-2/h3-6,10,12,14H,7-9H2,1-2H3. The van der Waals surface area contributed by atoms with Crippen LogP contribution in [0.15, 0.2) is 29.2 Å². The van der Waals surface area contributed by atoms with Gasteiger partial charge < -0.3 is 10.1 Å². The minimum Gasteiger partial charge on any atom is -0.383 e. The summed E-state index contributed by atoms with van der Waals surface area (Å²) in [5, 5.41) is 3.62. The molecule has 0 heterocycles. The van der Waals surface area contributed by atoms with Crippen LogP contribution in [-0.2, 0) is 4.74 Å². The van der Waals surface area contributed by atoms with Gasteiger partial charge in [-0.25, -0.2) is 0 Å². The maximum absolute atomic E-state index is 5.28. The van der Waals surface area contributed by atoms with E-state index in [1.54, 1.807) is 18.9 Å². The van der Waals surface area contributed by atoms with Crippen molar-refractivity contribution in [1.82, 2.24) is 0 Å². The molecule has 1 N–H and O–H groups in total. The number of methoxy groups -OCH3 is 1. The Morgan fingerprint density at radius 1 is 1.44 bits per heavy atom. The lowest BCUT2D eigenvalue weighted by atomic mass is 10.2. The molecular weight excluding hydrogens is 218 g/mol.